The molecule has 25 heavy (non-hydrogen) atoms. The van der Waals surface area contributed by atoms with Crippen LogP contribution in [-0.2, 0) is 0 Å². The Morgan fingerprint density at radius 1 is 1.08 bits per heavy atom. The monoisotopic (exact) mass is 339 g/mol. The van der Waals surface area contributed by atoms with E-state index in [1.807, 2.05) is 24.1 Å². The number of hydrazone groups is 1. The Hall–Kier alpha value is -2.69. The summed E-state index contributed by atoms with van der Waals surface area (Å²) in [6.07, 6.45) is 1.71. The lowest BCUT2D eigenvalue weighted by molar-refractivity contribution is 0.272. The molecule has 3 rings (SSSR count). The average molecular weight is 339 g/mol. The van der Waals surface area contributed by atoms with Gasteiger partial charge in [0.15, 0.2) is 11.5 Å². The molecule has 5 heteroatoms. The Morgan fingerprint density at radius 3 is 2.48 bits per heavy atom. The van der Waals surface area contributed by atoms with E-state index in [-0.39, 0.29) is 5.75 Å². The van der Waals surface area contributed by atoms with E-state index in [2.05, 4.69) is 41.2 Å². The molecule has 1 aliphatic heterocycles. The second-order valence-electron chi connectivity index (χ2n) is 6.15. The van der Waals surface area contributed by atoms with Gasteiger partial charge in [0.1, 0.15) is 0 Å². The number of nitrogens with zero attached hydrogens (tertiary/aromatic N) is 3. The van der Waals surface area contributed by atoms with Gasteiger partial charge >= 0.3 is 0 Å². The van der Waals surface area contributed by atoms with Crippen LogP contribution >= 0.6 is 0 Å². The van der Waals surface area contributed by atoms with Gasteiger partial charge in [0.05, 0.1) is 25.9 Å². The maximum Gasteiger partial charge on any atom is 0.166 e. The fraction of sp³-hybridized carbons (Fsp3) is 0.350. The summed E-state index contributed by atoms with van der Waals surface area (Å²) in [6.45, 7) is 8.11. The molecule has 0 amide bonds. The summed E-state index contributed by atoms with van der Waals surface area (Å²) in [5.74, 6) is 0.641. The van der Waals surface area contributed by atoms with Gasteiger partial charge in [-0.15, -0.1) is 0 Å². The molecule has 0 aromatic heterocycles. The summed E-state index contributed by atoms with van der Waals surface area (Å²) in [5, 5.41) is 16.8. The van der Waals surface area contributed by atoms with Crippen LogP contribution in [0.1, 0.15) is 18.1 Å². The van der Waals surface area contributed by atoms with E-state index in [4.69, 9.17) is 4.74 Å². The van der Waals surface area contributed by atoms with Crippen molar-refractivity contribution in [1.29, 1.82) is 0 Å². The molecule has 132 valence electrons. The number of phenols is 1. The molecule has 1 heterocycles. The maximum absolute atomic E-state index is 10.2. The van der Waals surface area contributed by atoms with Crippen LogP contribution in [0.2, 0.25) is 0 Å². The third-order valence-electron chi connectivity index (χ3n) is 4.35. The van der Waals surface area contributed by atoms with Gasteiger partial charge in [0, 0.05) is 24.3 Å². The SMILES string of the molecule is CCOc1cccc(C=NN2CCN(c3ccc(C)cc3)CC2)c1O. The average Bonchev–Trinajstić information content (AvgIpc) is 2.64. The van der Waals surface area contributed by atoms with E-state index in [0.717, 1.165) is 26.2 Å². The number of aromatic hydroxyl groups is 1. The van der Waals surface area contributed by atoms with Crippen LogP contribution in [0.15, 0.2) is 47.6 Å². The van der Waals surface area contributed by atoms with Gasteiger partial charge in [-0.25, -0.2) is 0 Å². The van der Waals surface area contributed by atoms with E-state index < -0.39 is 0 Å². The molecule has 5 nitrogen and oxygen atoms in total. The lowest BCUT2D eigenvalue weighted by Gasteiger charge is -2.34. The highest BCUT2D eigenvalue weighted by molar-refractivity contribution is 5.84. The van der Waals surface area contributed by atoms with Crippen molar-refractivity contribution in [2.75, 3.05) is 37.7 Å². The molecule has 2 aromatic rings. The minimum absolute atomic E-state index is 0.145. The maximum atomic E-state index is 10.2. The van der Waals surface area contributed by atoms with Gasteiger partial charge in [-0.1, -0.05) is 23.8 Å². The zero-order valence-electron chi connectivity index (χ0n) is 14.9. The lowest BCUT2D eigenvalue weighted by atomic mass is 10.2. The van der Waals surface area contributed by atoms with Crippen molar-refractivity contribution in [3.63, 3.8) is 0 Å². The Bertz CT molecular complexity index is 720. The minimum atomic E-state index is 0.145. The van der Waals surface area contributed by atoms with Gasteiger partial charge in [-0.2, -0.15) is 5.10 Å². The second-order valence-corrected chi connectivity index (χ2v) is 6.15. The second kappa shape index (κ2) is 7.92. The Kier molecular flexibility index (Phi) is 5.43. The summed E-state index contributed by atoms with van der Waals surface area (Å²) >= 11 is 0. The van der Waals surface area contributed by atoms with E-state index in [1.54, 1.807) is 12.3 Å². The van der Waals surface area contributed by atoms with Crippen LogP contribution in [0, 0.1) is 6.92 Å². The van der Waals surface area contributed by atoms with Gasteiger partial charge in [-0.05, 0) is 38.1 Å². The molecule has 0 aliphatic carbocycles. The van der Waals surface area contributed by atoms with Crippen LogP contribution in [0.3, 0.4) is 0 Å². The quantitative estimate of drug-likeness (QED) is 0.850. The molecule has 1 N–H and O–H groups in total. The van der Waals surface area contributed by atoms with E-state index in [9.17, 15) is 5.11 Å². The molecule has 0 bridgehead atoms. The number of hydrogen-bond acceptors (Lipinski definition) is 5. The van der Waals surface area contributed by atoms with Crippen molar-refractivity contribution in [3.05, 3.63) is 53.6 Å². The molecule has 0 radical (unpaired) electrons. The molecule has 2 aromatic carbocycles. The topological polar surface area (TPSA) is 48.3 Å². The zero-order valence-corrected chi connectivity index (χ0v) is 14.9. The first-order chi connectivity index (χ1) is 12.2. The lowest BCUT2D eigenvalue weighted by Crippen LogP contribution is -2.44. The molecule has 0 atom stereocenters. The number of rotatable bonds is 5. The van der Waals surface area contributed by atoms with Crippen molar-refractivity contribution in [3.8, 4) is 11.5 Å². The number of phenolic OH excluding ortho intramolecular Hbond substituents is 1. The Balaban J connectivity index is 1.59. The number of ether oxygens (including phenoxy) is 1. The first-order valence-electron chi connectivity index (χ1n) is 8.72. The number of anilines is 1. The number of hydrogen-bond donors (Lipinski definition) is 1. The largest absolute Gasteiger partial charge is 0.504 e. The molecular weight excluding hydrogens is 314 g/mol. The van der Waals surface area contributed by atoms with Crippen molar-refractivity contribution in [2.45, 2.75) is 13.8 Å². The molecular formula is C20H25N3O2. The highest BCUT2D eigenvalue weighted by atomic mass is 16.5. The van der Waals surface area contributed by atoms with Gasteiger partial charge in [-0.3, -0.25) is 5.01 Å². The first kappa shape index (κ1) is 17.1. The molecule has 1 saturated heterocycles. The van der Waals surface area contributed by atoms with Crippen molar-refractivity contribution in [2.24, 2.45) is 5.10 Å². The van der Waals surface area contributed by atoms with Crippen LogP contribution in [0.5, 0.6) is 11.5 Å². The van der Waals surface area contributed by atoms with Gasteiger partial charge in [0.2, 0.25) is 0 Å². The summed E-state index contributed by atoms with van der Waals surface area (Å²) < 4.78 is 5.41. The molecule has 1 aliphatic rings. The number of aryl methyl sites for hydroxylation is 1. The summed E-state index contributed by atoms with van der Waals surface area (Å²) in [4.78, 5) is 2.37. The van der Waals surface area contributed by atoms with Gasteiger partial charge in [0.25, 0.3) is 0 Å². The summed E-state index contributed by atoms with van der Waals surface area (Å²) in [7, 11) is 0. The summed E-state index contributed by atoms with van der Waals surface area (Å²) in [5.41, 5.74) is 3.21. The predicted octanol–water partition coefficient (Wildman–Crippen LogP) is 3.26. The third-order valence-corrected chi connectivity index (χ3v) is 4.35. The Labute approximate surface area is 149 Å². The van der Waals surface area contributed by atoms with Crippen LogP contribution in [-0.4, -0.2) is 49.1 Å². The molecule has 1 fully saturated rings. The highest BCUT2D eigenvalue weighted by Crippen LogP contribution is 2.28. The zero-order chi connectivity index (χ0) is 17.6. The molecule has 0 spiro atoms. The fourth-order valence-corrected chi connectivity index (χ4v) is 2.88. The van der Waals surface area contributed by atoms with Crippen LogP contribution in [0.4, 0.5) is 5.69 Å². The predicted molar refractivity (Wildman–Crippen MR) is 102 cm³/mol. The van der Waals surface area contributed by atoms with E-state index >= 15 is 0 Å². The van der Waals surface area contributed by atoms with Crippen LogP contribution in [0.25, 0.3) is 0 Å². The first-order valence-corrected chi connectivity index (χ1v) is 8.72. The van der Waals surface area contributed by atoms with E-state index in [1.165, 1.54) is 11.3 Å². The highest BCUT2D eigenvalue weighted by Gasteiger charge is 2.15. The van der Waals surface area contributed by atoms with Gasteiger partial charge < -0.3 is 14.7 Å². The van der Waals surface area contributed by atoms with Crippen LogP contribution < -0.4 is 9.64 Å². The fourth-order valence-electron chi connectivity index (χ4n) is 2.88. The minimum Gasteiger partial charge on any atom is -0.504 e. The number of para-hydroxylation sites is 1. The van der Waals surface area contributed by atoms with Crippen molar-refractivity contribution < 1.29 is 9.84 Å². The molecule has 0 unspecified atom stereocenters. The smallest absolute Gasteiger partial charge is 0.166 e. The summed E-state index contributed by atoms with van der Waals surface area (Å²) in [6, 6.07) is 14.1. The van der Waals surface area contributed by atoms with Crippen molar-refractivity contribution >= 4 is 11.9 Å². The van der Waals surface area contributed by atoms with Crippen molar-refractivity contribution in [1.82, 2.24) is 5.01 Å². The molecule has 0 saturated carbocycles. The number of piperazine rings is 1. The van der Waals surface area contributed by atoms with E-state index in [0.29, 0.717) is 17.9 Å². The number of benzene rings is 2. The Morgan fingerprint density at radius 2 is 1.80 bits per heavy atom. The third kappa shape index (κ3) is 4.24. The normalized spacial score (nSPS) is 15.0. The standard InChI is InChI=1S/C20H25N3O2/c1-3-25-19-6-4-5-17(20(19)24)15-21-23-13-11-22(12-14-23)18-9-7-16(2)8-10-18/h4-10,15,24H,3,11-14H2,1-2H3.